The predicted molar refractivity (Wildman–Crippen MR) is 49.6 cm³/mol. The zero-order chi connectivity index (χ0) is 10.4. The van der Waals surface area contributed by atoms with Crippen LogP contribution in [0.15, 0.2) is 36.4 Å². The highest BCUT2D eigenvalue weighted by molar-refractivity contribution is 6.53. The van der Waals surface area contributed by atoms with E-state index in [1.807, 2.05) is 0 Å². The highest BCUT2D eigenvalue weighted by Gasteiger charge is 2.19. The number of allylic oxidation sites excluding steroid dienone is 2. The van der Waals surface area contributed by atoms with E-state index in [1.165, 1.54) is 19.3 Å². The van der Waals surface area contributed by atoms with Gasteiger partial charge in [-0.15, -0.1) is 0 Å². The highest BCUT2D eigenvalue weighted by atomic mass is 16.5. The first-order chi connectivity index (χ1) is 6.08. The fraction of sp³-hybridized carbons (Fsp3) is 0.125. The molecular weight excluding hydrogens is 171 g/mol. The SMILES string of the molecule is C=C/C(B(O)O)=C(\C=C)C(=O)OC. The summed E-state index contributed by atoms with van der Waals surface area (Å²) >= 11 is 0. The minimum Gasteiger partial charge on any atom is -0.465 e. The van der Waals surface area contributed by atoms with E-state index < -0.39 is 13.1 Å². The summed E-state index contributed by atoms with van der Waals surface area (Å²) < 4.78 is 4.40. The standard InChI is InChI=1S/C8H11BO4/c1-4-6(8(10)13-3)7(5-2)9(11)12/h4-5,11-12H,1-2H2,3H3/b7-6-. The first-order valence-electron chi connectivity index (χ1n) is 3.52. The summed E-state index contributed by atoms with van der Waals surface area (Å²) in [5, 5.41) is 17.7. The molecule has 0 unspecified atom stereocenters. The van der Waals surface area contributed by atoms with Crippen LogP contribution in [0.3, 0.4) is 0 Å². The summed E-state index contributed by atoms with van der Waals surface area (Å²) in [6, 6.07) is 0. The molecule has 0 fully saturated rings. The molecule has 4 nitrogen and oxygen atoms in total. The molecule has 0 aromatic heterocycles. The summed E-state index contributed by atoms with van der Waals surface area (Å²) in [6.07, 6.45) is 2.35. The van der Waals surface area contributed by atoms with Gasteiger partial charge in [0.15, 0.2) is 0 Å². The molecule has 0 radical (unpaired) electrons. The van der Waals surface area contributed by atoms with Gasteiger partial charge in [0, 0.05) is 0 Å². The smallest absolute Gasteiger partial charge is 0.465 e. The summed E-state index contributed by atoms with van der Waals surface area (Å²) in [5.41, 5.74) is -0.0330. The first kappa shape index (κ1) is 11.7. The lowest BCUT2D eigenvalue weighted by Gasteiger charge is -2.05. The lowest BCUT2D eigenvalue weighted by Crippen LogP contribution is -2.19. The van der Waals surface area contributed by atoms with Crippen LogP contribution in [-0.4, -0.2) is 30.2 Å². The normalized spacial score (nSPS) is 11.3. The zero-order valence-corrected chi connectivity index (χ0v) is 7.36. The van der Waals surface area contributed by atoms with Crippen LogP contribution in [-0.2, 0) is 9.53 Å². The monoisotopic (exact) mass is 182 g/mol. The molecule has 0 rings (SSSR count). The number of rotatable bonds is 4. The Morgan fingerprint density at radius 3 is 2.15 bits per heavy atom. The third-order valence-corrected chi connectivity index (χ3v) is 1.42. The average Bonchev–Trinajstić information content (AvgIpc) is 2.12. The van der Waals surface area contributed by atoms with Crippen LogP contribution in [0.4, 0.5) is 0 Å². The van der Waals surface area contributed by atoms with E-state index in [1.54, 1.807) is 0 Å². The molecular formula is C8H11BO4. The van der Waals surface area contributed by atoms with Crippen molar-refractivity contribution in [2.24, 2.45) is 0 Å². The lowest BCUT2D eigenvalue weighted by molar-refractivity contribution is -0.135. The minimum atomic E-state index is -1.76. The molecule has 5 heteroatoms. The molecule has 0 amide bonds. The lowest BCUT2D eigenvalue weighted by atomic mass is 9.76. The molecule has 0 aliphatic heterocycles. The van der Waals surface area contributed by atoms with E-state index in [9.17, 15) is 4.79 Å². The molecule has 0 aromatic rings. The van der Waals surface area contributed by atoms with Crippen LogP contribution in [0, 0.1) is 0 Å². The van der Waals surface area contributed by atoms with Crippen molar-refractivity contribution in [3.05, 3.63) is 36.4 Å². The Kier molecular flexibility index (Phi) is 4.80. The van der Waals surface area contributed by atoms with E-state index in [2.05, 4.69) is 17.9 Å². The highest BCUT2D eigenvalue weighted by Crippen LogP contribution is 2.09. The number of carbonyl (C=O) groups excluding carboxylic acids is 1. The Bertz CT molecular complexity index is 255. The Morgan fingerprint density at radius 1 is 1.38 bits per heavy atom. The topological polar surface area (TPSA) is 66.8 Å². The van der Waals surface area contributed by atoms with Gasteiger partial charge in [0.1, 0.15) is 0 Å². The van der Waals surface area contributed by atoms with Crippen molar-refractivity contribution >= 4 is 13.1 Å². The number of hydrogen-bond donors (Lipinski definition) is 2. The van der Waals surface area contributed by atoms with Crippen molar-refractivity contribution in [1.29, 1.82) is 0 Å². The third kappa shape index (κ3) is 2.89. The Balaban J connectivity index is 5.17. The van der Waals surface area contributed by atoms with Crippen LogP contribution in [0.2, 0.25) is 0 Å². The first-order valence-corrected chi connectivity index (χ1v) is 3.52. The maximum Gasteiger partial charge on any atom is 0.489 e. The van der Waals surface area contributed by atoms with E-state index in [0.29, 0.717) is 0 Å². The van der Waals surface area contributed by atoms with Gasteiger partial charge in [0.05, 0.1) is 12.7 Å². The number of hydrogen-bond acceptors (Lipinski definition) is 4. The van der Waals surface area contributed by atoms with Gasteiger partial charge in [0.25, 0.3) is 0 Å². The zero-order valence-electron chi connectivity index (χ0n) is 7.36. The fourth-order valence-electron chi connectivity index (χ4n) is 0.783. The molecule has 0 saturated heterocycles. The van der Waals surface area contributed by atoms with Gasteiger partial charge in [-0.1, -0.05) is 25.3 Å². The Hall–Kier alpha value is -1.33. The largest absolute Gasteiger partial charge is 0.489 e. The van der Waals surface area contributed by atoms with Gasteiger partial charge >= 0.3 is 13.1 Å². The van der Waals surface area contributed by atoms with Gasteiger partial charge in [-0.05, 0) is 5.47 Å². The molecule has 0 heterocycles. The maximum absolute atomic E-state index is 11.0. The molecule has 0 aliphatic carbocycles. The van der Waals surface area contributed by atoms with E-state index in [4.69, 9.17) is 10.0 Å². The molecule has 0 aromatic carbocycles. The number of ether oxygens (including phenoxy) is 1. The summed E-state index contributed by atoms with van der Waals surface area (Å²) in [4.78, 5) is 11.0. The quantitative estimate of drug-likeness (QED) is 0.274. The van der Waals surface area contributed by atoms with Crippen molar-refractivity contribution in [2.45, 2.75) is 0 Å². The summed E-state index contributed by atoms with van der Waals surface area (Å²) in [7, 11) is -0.569. The second-order valence-corrected chi connectivity index (χ2v) is 2.14. The van der Waals surface area contributed by atoms with E-state index >= 15 is 0 Å². The molecule has 2 N–H and O–H groups in total. The molecule has 0 atom stereocenters. The summed E-state index contributed by atoms with van der Waals surface area (Å²) in [6.45, 7) is 6.69. The Morgan fingerprint density at radius 2 is 1.92 bits per heavy atom. The van der Waals surface area contributed by atoms with Crippen molar-refractivity contribution in [3.63, 3.8) is 0 Å². The van der Waals surface area contributed by atoms with Crippen molar-refractivity contribution in [1.82, 2.24) is 0 Å². The van der Waals surface area contributed by atoms with Gasteiger partial charge in [-0.3, -0.25) is 0 Å². The molecule has 70 valence electrons. The van der Waals surface area contributed by atoms with Gasteiger partial charge in [-0.2, -0.15) is 0 Å². The molecule has 13 heavy (non-hydrogen) atoms. The molecule has 0 bridgehead atoms. The predicted octanol–water partition coefficient (Wildman–Crippen LogP) is -0.160. The molecule has 0 aliphatic rings. The minimum absolute atomic E-state index is 0.00694. The Labute approximate surface area is 77.0 Å². The number of methoxy groups -OCH3 is 1. The third-order valence-electron chi connectivity index (χ3n) is 1.42. The second-order valence-electron chi connectivity index (χ2n) is 2.14. The van der Waals surface area contributed by atoms with E-state index in [-0.39, 0.29) is 11.0 Å². The average molecular weight is 182 g/mol. The van der Waals surface area contributed by atoms with Crippen LogP contribution < -0.4 is 0 Å². The molecule has 0 saturated carbocycles. The van der Waals surface area contributed by atoms with Crippen LogP contribution in [0.25, 0.3) is 0 Å². The van der Waals surface area contributed by atoms with E-state index in [0.717, 1.165) is 0 Å². The maximum atomic E-state index is 11.0. The number of esters is 1. The van der Waals surface area contributed by atoms with Crippen LogP contribution in [0.5, 0.6) is 0 Å². The van der Waals surface area contributed by atoms with Crippen LogP contribution >= 0.6 is 0 Å². The van der Waals surface area contributed by atoms with Crippen molar-refractivity contribution < 1.29 is 19.6 Å². The second kappa shape index (κ2) is 5.34. The van der Waals surface area contributed by atoms with Crippen molar-refractivity contribution in [2.75, 3.05) is 7.11 Å². The molecule has 0 spiro atoms. The number of carbonyl (C=O) groups is 1. The fourth-order valence-corrected chi connectivity index (χ4v) is 0.783. The van der Waals surface area contributed by atoms with Gasteiger partial charge < -0.3 is 14.8 Å². The van der Waals surface area contributed by atoms with Gasteiger partial charge in [-0.25, -0.2) is 4.79 Å². The summed E-state index contributed by atoms with van der Waals surface area (Å²) in [5.74, 6) is -0.682. The van der Waals surface area contributed by atoms with Crippen LogP contribution in [0.1, 0.15) is 0 Å². The van der Waals surface area contributed by atoms with Crippen molar-refractivity contribution in [3.8, 4) is 0 Å². The van der Waals surface area contributed by atoms with Gasteiger partial charge in [0.2, 0.25) is 0 Å².